The fourth-order valence-electron chi connectivity index (χ4n) is 4.65. The number of anilines is 2. The molecule has 34 heavy (non-hydrogen) atoms. The van der Waals surface area contributed by atoms with Crippen LogP contribution in [0.15, 0.2) is 103 Å². The van der Waals surface area contributed by atoms with Crippen molar-refractivity contribution in [3.05, 3.63) is 103 Å². The van der Waals surface area contributed by atoms with Crippen molar-refractivity contribution in [3.63, 3.8) is 0 Å². The second-order valence-electron chi connectivity index (χ2n) is 8.31. The lowest BCUT2D eigenvalue weighted by atomic mass is 9.91. The van der Waals surface area contributed by atoms with Gasteiger partial charge in [-0.1, -0.05) is 72.8 Å². The van der Waals surface area contributed by atoms with E-state index in [1.807, 2.05) is 65.3 Å². The zero-order valence-corrected chi connectivity index (χ0v) is 18.6. The van der Waals surface area contributed by atoms with Crippen LogP contribution in [-0.2, 0) is 4.79 Å². The Balaban J connectivity index is 1.67. The van der Waals surface area contributed by atoms with Crippen LogP contribution in [-0.4, -0.2) is 15.6 Å². The van der Waals surface area contributed by atoms with Crippen LogP contribution in [0.2, 0.25) is 0 Å². The number of carbonyl (C=O) groups is 1. The Morgan fingerprint density at radius 1 is 0.706 bits per heavy atom. The van der Waals surface area contributed by atoms with Crippen LogP contribution in [0, 0.1) is 0 Å². The van der Waals surface area contributed by atoms with Gasteiger partial charge in [-0.3, -0.25) is 10.2 Å². The number of aromatic nitrogens is 2. The quantitative estimate of drug-likeness (QED) is 0.314. The Morgan fingerprint density at radius 3 is 2.00 bits per heavy atom. The van der Waals surface area contributed by atoms with Crippen molar-refractivity contribution in [2.24, 2.45) is 0 Å². The van der Waals surface area contributed by atoms with Crippen molar-refractivity contribution < 1.29 is 4.79 Å². The van der Waals surface area contributed by atoms with Crippen molar-refractivity contribution in [1.29, 1.82) is 0 Å². The Morgan fingerprint density at radius 2 is 1.29 bits per heavy atom. The molecule has 0 radical (unpaired) electrons. The van der Waals surface area contributed by atoms with Gasteiger partial charge in [-0.15, -0.1) is 0 Å². The molecule has 5 heteroatoms. The first-order valence-electron chi connectivity index (χ1n) is 11.2. The molecule has 1 amide bonds. The monoisotopic (exact) mass is 442 g/mol. The summed E-state index contributed by atoms with van der Waals surface area (Å²) in [6, 6.07) is 32.8. The van der Waals surface area contributed by atoms with Gasteiger partial charge in [0.05, 0.1) is 16.7 Å². The largest absolute Gasteiger partial charge is 0.326 e. The van der Waals surface area contributed by atoms with E-state index in [0.29, 0.717) is 0 Å². The average Bonchev–Trinajstić information content (AvgIpc) is 3.27. The molecule has 1 aromatic heterocycles. The van der Waals surface area contributed by atoms with Crippen LogP contribution in [0.3, 0.4) is 0 Å². The molecule has 0 saturated carbocycles. The van der Waals surface area contributed by atoms with Gasteiger partial charge < -0.3 is 5.32 Å². The molecule has 6 aromatic rings. The van der Waals surface area contributed by atoms with E-state index in [2.05, 4.69) is 52.1 Å². The van der Waals surface area contributed by atoms with Gasteiger partial charge in [0, 0.05) is 23.7 Å². The zero-order valence-electron chi connectivity index (χ0n) is 18.6. The number of nitrogens with one attached hydrogen (secondary N) is 2. The van der Waals surface area contributed by atoms with Crippen LogP contribution < -0.4 is 10.7 Å². The fraction of sp³-hybridized carbons (Fsp3) is 0.0345. The van der Waals surface area contributed by atoms with Gasteiger partial charge >= 0.3 is 0 Å². The molecule has 0 spiro atoms. The number of amides is 1. The van der Waals surface area contributed by atoms with Gasteiger partial charge in [-0.2, -0.15) is 0 Å². The lowest BCUT2D eigenvalue weighted by molar-refractivity contribution is -0.114. The molecule has 0 aliphatic rings. The minimum Gasteiger partial charge on any atom is -0.326 e. The molecule has 0 unspecified atom stereocenters. The number of hydrogen-bond acceptors (Lipinski definition) is 3. The third-order valence-electron chi connectivity index (χ3n) is 6.11. The first kappa shape index (κ1) is 20.0. The first-order valence-corrected chi connectivity index (χ1v) is 11.2. The summed E-state index contributed by atoms with van der Waals surface area (Å²) in [4.78, 5) is 16.7. The summed E-state index contributed by atoms with van der Waals surface area (Å²) in [7, 11) is 0. The van der Waals surface area contributed by atoms with E-state index < -0.39 is 0 Å². The normalized spacial score (nSPS) is 11.2. The lowest BCUT2D eigenvalue weighted by Crippen LogP contribution is -2.10. The molecule has 0 aliphatic carbocycles. The van der Waals surface area contributed by atoms with Crippen LogP contribution in [0.5, 0.6) is 0 Å². The smallest absolute Gasteiger partial charge is 0.221 e. The summed E-state index contributed by atoms with van der Waals surface area (Å²) < 4.78 is 1.94. The Kier molecular flexibility index (Phi) is 4.73. The summed E-state index contributed by atoms with van der Waals surface area (Å²) in [5.74, 6) is -0.105. The first-order chi connectivity index (χ1) is 16.7. The van der Waals surface area contributed by atoms with Crippen LogP contribution in [0.4, 0.5) is 11.4 Å². The molecule has 2 N–H and O–H groups in total. The number of hydrogen-bond donors (Lipinski definition) is 2. The van der Waals surface area contributed by atoms with E-state index in [1.54, 1.807) is 13.3 Å². The predicted octanol–water partition coefficient (Wildman–Crippen LogP) is 6.84. The number of para-hydroxylation sites is 2. The number of fused-ring (bicyclic) bond motifs is 3. The van der Waals surface area contributed by atoms with E-state index >= 15 is 0 Å². The number of rotatable bonds is 4. The lowest BCUT2D eigenvalue weighted by Gasteiger charge is -2.20. The molecular formula is C29H22N4O. The van der Waals surface area contributed by atoms with Gasteiger partial charge in [0.25, 0.3) is 0 Å². The highest BCUT2D eigenvalue weighted by Crippen LogP contribution is 2.43. The summed E-state index contributed by atoms with van der Waals surface area (Å²) in [5, 5.41) is 7.46. The maximum atomic E-state index is 12.1. The van der Waals surface area contributed by atoms with Gasteiger partial charge in [0.2, 0.25) is 5.91 Å². The van der Waals surface area contributed by atoms with Gasteiger partial charge in [-0.05, 0) is 45.8 Å². The summed E-state index contributed by atoms with van der Waals surface area (Å²) in [6.07, 6.45) is 1.79. The van der Waals surface area contributed by atoms with Gasteiger partial charge in [-0.25, -0.2) is 9.66 Å². The standard InChI is InChI=1S/C29H22N4O/c1-19(34)31-25-16-14-20-8-2-4-10-22(20)28(25)29-23-11-5-3-9-21(23)15-17-26(29)32-33-18-30-24-12-6-7-13-27(24)33/h2-18,32H,1H3,(H,31,34). The van der Waals surface area contributed by atoms with Gasteiger partial charge in [0.1, 0.15) is 6.33 Å². The number of nitrogens with zero attached hydrogens (tertiary/aromatic N) is 2. The highest BCUT2D eigenvalue weighted by atomic mass is 16.1. The molecule has 0 bridgehead atoms. The minimum absolute atomic E-state index is 0.105. The van der Waals surface area contributed by atoms with E-state index in [1.165, 1.54) is 0 Å². The fourth-order valence-corrected chi connectivity index (χ4v) is 4.65. The van der Waals surface area contributed by atoms with E-state index in [9.17, 15) is 4.79 Å². The summed E-state index contributed by atoms with van der Waals surface area (Å²) in [5.41, 5.74) is 9.19. The predicted molar refractivity (Wildman–Crippen MR) is 140 cm³/mol. The summed E-state index contributed by atoms with van der Waals surface area (Å²) in [6.45, 7) is 1.54. The molecule has 0 aliphatic heterocycles. The molecule has 5 aromatic carbocycles. The van der Waals surface area contributed by atoms with Crippen molar-refractivity contribution in [2.45, 2.75) is 6.92 Å². The molecular weight excluding hydrogens is 420 g/mol. The molecule has 5 nitrogen and oxygen atoms in total. The van der Waals surface area contributed by atoms with E-state index in [0.717, 1.165) is 55.1 Å². The molecule has 1 heterocycles. The molecule has 0 fully saturated rings. The number of carbonyl (C=O) groups excluding carboxylic acids is 1. The third-order valence-corrected chi connectivity index (χ3v) is 6.11. The Hall–Kier alpha value is -4.64. The topological polar surface area (TPSA) is 59.0 Å². The molecule has 6 rings (SSSR count). The third kappa shape index (κ3) is 3.35. The molecule has 0 atom stereocenters. The SMILES string of the molecule is CC(=O)Nc1ccc2ccccc2c1-c1c(Nn2cnc3ccccc32)ccc2ccccc12. The molecule has 0 saturated heterocycles. The van der Waals surface area contributed by atoms with Crippen molar-refractivity contribution in [2.75, 3.05) is 10.7 Å². The Labute approximate surface area is 196 Å². The number of imidazole rings is 1. The second-order valence-corrected chi connectivity index (χ2v) is 8.31. The highest BCUT2D eigenvalue weighted by molar-refractivity contribution is 6.15. The zero-order chi connectivity index (χ0) is 23.1. The van der Waals surface area contributed by atoms with Gasteiger partial charge in [0.15, 0.2) is 0 Å². The Bertz CT molecular complexity index is 1700. The van der Waals surface area contributed by atoms with Crippen LogP contribution in [0.1, 0.15) is 6.92 Å². The minimum atomic E-state index is -0.105. The molecule has 164 valence electrons. The average molecular weight is 443 g/mol. The van der Waals surface area contributed by atoms with E-state index in [-0.39, 0.29) is 5.91 Å². The highest BCUT2D eigenvalue weighted by Gasteiger charge is 2.18. The maximum Gasteiger partial charge on any atom is 0.221 e. The van der Waals surface area contributed by atoms with Crippen molar-refractivity contribution in [3.8, 4) is 11.1 Å². The summed E-state index contributed by atoms with van der Waals surface area (Å²) >= 11 is 0. The van der Waals surface area contributed by atoms with Crippen molar-refractivity contribution >= 4 is 49.9 Å². The van der Waals surface area contributed by atoms with Crippen LogP contribution >= 0.6 is 0 Å². The van der Waals surface area contributed by atoms with Crippen LogP contribution in [0.25, 0.3) is 43.7 Å². The van der Waals surface area contributed by atoms with E-state index in [4.69, 9.17) is 0 Å². The maximum absolute atomic E-state index is 12.1. The number of benzene rings is 5. The van der Waals surface area contributed by atoms with Crippen molar-refractivity contribution in [1.82, 2.24) is 9.66 Å². The second kappa shape index (κ2) is 8.05.